The quantitative estimate of drug-likeness (QED) is 0.700. The largest absolute Gasteiger partial charge is 0.314 e. The SMILES string of the molecule is CC(C)CN(C)CCC1CCCN1. The smallest absolute Gasteiger partial charge is 0.00797 e. The van der Waals surface area contributed by atoms with E-state index in [-0.39, 0.29) is 0 Å². The van der Waals surface area contributed by atoms with Crippen LogP contribution < -0.4 is 5.32 Å². The van der Waals surface area contributed by atoms with E-state index in [0.29, 0.717) is 0 Å². The molecule has 2 heteroatoms. The molecule has 1 unspecified atom stereocenters. The summed E-state index contributed by atoms with van der Waals surface area (Å²) in [4.78, 5) is 2.45. The lowest BCUT2D eigenvalue weighted by molar-refractivity contribution is 0.280. The summed E-state index contributed by atoms with van der Waals surface area (Å²) < 4.78 is 0. The van der Waals surface area contributed by atoms with Gasteiger partial charge in [0.25, 0.3) is 0 Å². The molecule has 13 heavy (non-hydrogen) atoms. The lowest BCUT2D eigenvalue weighted by Crippen LogP contribution is -2.30. The second-order valence-electron chi connectivity index (χ2n) is 4.74. The van der Waals surface area contributed by atoms with Gasteiger partial charge in [0.05, 0.1) is 0 Å². The van der Waals surface area contributed by atoms with E-state index in [1.807, 2.05) is 0 Å². The molecule has 1 atom stereocenters. The monoisotopic (exact) mass is 184 g/mol. The van der Waals surface area contributed by atoms with Gasteiger partial charge < -0.3 is 10.2 Å². The Morgan fingerprint density at radius 1 is 1.46 bits per heavy atom. The van der Waals surface area contributed by atoms with Gasteiger partial charge in [-0.3, -0.25) is 0 Å². The Morgan fingerprint density at radius 2 is 2.23 bits per heavy atom. The number of rotatable bonds is 5. The van der Waals surface area contributed by atoms with E-state index < -0.39 is 0 Å². The maximum absolute atomic E-state index is 3.54. The van der Waals surface area contributed by atoms with Crippen LogP contribution in [0.4, 0.5) is 0 Å². The molecule has 0 aliphatic carbocycles. The van der Waals surface area contributed by atoms with E-state index >= 15 is 0 Å². The van der Waals surface area contributed by atoms with Crippen molar-refractivity contribution in [3.05, 3.63) is 0 Å². The molecule has 1 saturated heterocycles. The maximum Gasteiger partial charge on any atom is 0.00797 e. The zero-order chi connectivity index (χ0) is 9.68. The Labute approximate surface area is 82.7 Å². The van der Waals surface area contributed by atoms with Crippen LogP contribution >= 0.6 is 0 Å². The molecule has 1 heterocycles. The summed E-state index contributed by atoms with van der Waals surface area (Å²) in [6, 6.07) is 0.801. The summed E-state index contributed by atoms with van der Waals surface area (Å²) >= 11 is 0. The molecule has 0 saturated carbocycles. The van der Waals surface area contributed by atoms with Crippen molar-refractivity contribution in [1.82, 2.24) is 10.2 Å². The molecule has 0 aromatic heterocycles. The summed E-state index contributed by atoms with van der Waals surface area (Å²) in [6.45, 7) is 8.27. The molecule has 1 aliphatic heterocycles. The Morgan fingerprint density at radius 3 is 2.77 bits per heavy atom. The lowest BCUT2D eigenvalue weighted by atomic mass is 10.1. The first kappa shape index (κ1) is 11.0. The molecule has 0 amide bonds. The summed E-state index contributed by atoms with van der Waals surface area (Å²) in [5, 5.41) is 3.54. The van der Waals surface area contributed by atoms with Gasteiger partial charge in [0, 0.05) is 12.6 Å². The van der Waals surface area contributed by atoms with Crippen LogP contribution in [0, 0.1) is 5.92 Å². The van der Waals surface area contributed by atoms with Gasteiger partial charge in [0.15, 0.2) is 0 Å². The van der Waals surface area contributed by atoms with E-state index in [2.05, 4.69) is 31.1 Å². The third-order valence-corrected chi connectivity index (χ3v) is 2.70. The minimum atomic E-state index is 0.793. The molecular weight excluding hydrogens is 160 g/mol. The van der Waals surface area contributed by atoms with Gasteiger partial charge in [-0.1, -0.05) is 13.8 Å². The average molecular weight is 184 g/mol. The third-order valence-electron chi connectivity index (χ3n) is 2.70. The minimum Gasteiger partial charge on any atom is -0.314 e. The van der Waals surface area contributed by atoms with E-state index in [1.165, 1.54) is 38.9 Å². The van der Waals surface area contributed by atoms with Crippen molar-refractivity contribution >= 4 is 0 Å². The van der Waals surface area contributed by atoms with Crippen LogP contribution in [0.25, 0.3) is 0 Å². The van der Waals surface area contributed by atoms with Crippen molar-refractivity contribution in [2.24, 2.45) is 5.92 Å². The molecule has 0 bridgehead atoms. The van der Waals surface area contributed by atoms with Crippen molar-refractivity contribution in [3.63, 3.8) is 0 Å². The standard InChI is InChI=1S/C11H24N2/c1-10(2)9-13(3)8-6-11-5-4-7-12-11/h10-12H,4-9H2,1-3H3. The zero-order valence-corrected chi connectivity index (χ0v) is 9.34. The van der Waals surface area contributed by atoms with Crippen molar-refractivity contribution in [2.75, 3.05) is 26.7 Å². The van der Waals surface area contributed by atoms with E-state index in [1.54, 1.807) is 0 Å². The van der Waals surface area contributed by atoms with Gasteiger partial charge in [-0.15, -0.1) is 0 Å². The molecule has 2 nitrogen and oxygen atoms in total. The maximum atomic E-state index is 3.54. The normalized spacial score (nSPS) is 23.3. The highest BCUT2D eigenvalue weighted by Gasteiger charge is 2.14. The molecule has 0 radical (unpaired) electrons. The molecular formula is C11H24N2. The van der Waals surface area contributed by atoms with Crippen molar-refractivity contribution in [2.45, 2.75) is 39.2 Å². The van der Waals surface area contributed by atoms with Gasteiger partial charge in [-0.2, -0.15) is 0 Å². The van der Waals surface area contributed by atoms with E-state index in [0.717, 1.165) is 12.0 Å². The predicted octanol–water partition coefficient (Wildman–Crippen LogP) is 1.72. The summed E-state index contributed by atoms with van der Waals surface area (Å²) in [7, 11) is 2.23. The average Bonchev–Trinajstić information content (AvgIpc) is 2.51. The molecule has 78 valence electrons. The topological polar surface area (TPSA) is 15.3 Å². The van der Waals surface area contributed by atoms with Crippen LogP contribution in [0.15, 0.2) is 0 Å². The van der Waals surface area contributed by atoms with Gasteiger partial charge in [-0.05, 0) is 45.3 Å². The number of hydrogen-bond acceptors (Lipinski definition) is 2. The van der Waals surface area contributed by atoms with Crippen LogP contribution in [0.1, 0.15) is 33.1 Å². The fourth-order valence-corrected chi connectivity index (χ4v) is 2.09. The minimum absolute atomic E-state index is 0.793. The summed E-state index contributed by atoms with van der Waals surface area (Å²) in [5.41, 5.74) is 0. The fourth-order valence-electron chi connectivity index (χ4n) is 2.09. The Bertz CT molecular complexity index is 128. The van der Waals surface area contributed by atoms with Crippen molar-refractivity contribution < 1.29 is 0 Å². The Hall–Kier alpha value is -0.0800. The van der Waals surface area contributed by atoms with Crippen LogP contribution in [0.2, 0.25) is 0 Å². The molecule has 1 N–H and O–H groups in total. The molecule has 0 spiro atoms. The first-order chi connectivity index (χ1) is 6.18. The van der Waals surface area contributed by atoms with E-state index in [4.69, 9.17) is 0 Å². The second-order valence-corrected chi connectivity index (χ2v) is 4.74. The Kier molecular flexibility index (Phi) is 4.74. The highest BCUT2D eigenvalue weighted by molar-refractivity contribution is 4.75. The van der Waals surface area contributed by atoms with Crippen LogP contribution in [0.5, 0.6) is 0 Å². The molecule has 1 rings (SSSR count). The van der Waals surface area contributed by atoms with Gasteiger partial charge in [-0.25, -0.2) is 0 Å². The first-order valence-electron chi connectivity index (χ1n) is 5.60. The van der Waals surface area contributed by atoms with Gasteiger partial charge in [0.2, 0.25) is 0 Å². The van der Waals surface area contributed by atoms with Crippen LogP contribution in [-0.4, -0.2) is 37.6 Å². The van der Waals surface area contributed by atoms with Gasteiger partial charge >= 0.3 is 0 Å². The zero-order valence-electron chi connectivity index (χ0n) is 9.34. The lowest BCUT2D eigenvalue weighted by Gasteiger charge is -2.20. The number of nitrogens with zero attached hydrogens (tertiary/aromatic N) is 1. The Balaban J connectivity index is 2.03. The second kappa shape index (κ2) is 5.61. The highest BCUT2D eigenvalue weighted by atomic mass is 15.1. The first-order valence-corrected chi connectivity index (χ1v) is 5.60. The molecule has 0 aromatic carbocycles. The third kappa shape index (κ3) is 4.63. The summed E-state index contributed by atoms with van der Waals surface area (Å²) in [5.74, 6) is 0.793. The number of hydrogen-bond donors (Lipinski definition) is 1. The van der Waals surface area contributed by atoms with E-state index in [9.17, 15) is 0 Å². The van der Waals surface area contributed by atoms with Gasteiger partial charge in [0.1, 0.15) is 0 Å². The predicted molar refractivity (Wildman–Crippen MR) is 58.0 cm³/mol. The molecule has 1 fully saturated rings. The molecule has 0 aromatic rings. The fraction of sp³-hybridized carbons (Fsp3) is 1.00. The number of nitrogens with one attached hydrogen (secondary N) is 1. The van der Waals surface area contributed by atoms with Crippen molar-refractivity contribution in [1.29, 1.82) is 0 Å². The van der Waals surface area contributed by atoms with Crippen molar-refractivity contribution in [3.8, 4) is 0 Å². The van der Waals surface area contributed by atoms with Crippen LogP contribution in [-0.2, 0) is 0 Å². The summed E-state index contributed by atoms with van der Waals surface area (Å²) in [6.07, 6.45) is 4.08. The van der Waals surface area contributed by atoms with Crippen LogP contribution in [0.3, 0.4) is 0 Å². The molecule has 1 aliphatic rings. The highest BCUT2D eigenvalue weighted by Crippen LogP contribution is 2.09.